The van der Waals surface area contributed by atoms with E-state index in [-0.39, 0.29) is 10.8 Å². The second-order valence-electron chi connectivity index (χ2n) is 4.02. The van der Waals surface area contributed by atoms with Crippen LogP contribution in [0.4, 0.5) is 0 Å². The molecule has 110 valence electrons. The number of carbonyl (C=O) groups excluding carboxylic acids is 1. The van der Waals surface area contributed by atoms with Crippen LogP contribution in [0.3, 0.4) is 0 Å². The van der Waals surface area contributed by atoms with Gasteiger partial charge >= 0.3 is 5.97 Å². The van der Waals surface area contributed by atoms with Crippen LogP contribution in [0.1, 0.15) is 17.3 Å². The Bertz CT molecular complexity index is 651. The van der Waals surface area contributed by atoms with Crippen molar-refractivity contribution < 1.29 is 14.3 Å². The Morgan fingerprint density at radius 2 is 1.95 bits per heavy atom. The van der Waals surface area contributed by atoms with Gasteiger partial charge in [0.1, 0.15) is 11.3 Å². The standard InChI is InChI=1S/C15H11BrCl2O3/c1-2-20-13-6-4-3-5-10(13)15(19)21-14-11(16)7-9(17)8-12(14)18/h3-8H,2H2,1H3. The van der Waals surface area contributed by atoms with E-state index in [0.717, 1.165) is 0 Å². The van der Waals surface area contributed by atoms with E-state index in [9.17, 15) is 4.79 Å². The van der Waals surface area contributed by atoms with E-state index < -0.39 is 5.97 Å². The highest BCUT2D eigenvalue weighted by molar-refractivity contribution is 9.10. The van der Waals surface area contributed by atoms with Crippen molar-refractivity contribution in [3.63, 3.8) is 0 Å². The molecule has 0 saturated carbocycles. The Kier molecular flexibility index (Phi) is 5.51. The van der Waals surface area contributed by atoms with Gasteiger partial charge in [0, 0.05) is 5.02 Å². The molecule has 0 radical (unpaired) electrons. The number of rotatable bonds is 4. The largest absolute Gasteiger partial charge is 0.493 e. The van der Waals surface area contributed by atoms with Gasteiger partial charge in [0.2, 0.25) is 0 Å². The van der Waals surface area contributed by atoms with E-state index in [1.54, 1.807) is 30.3 Å². The van der Waals surface area contributed by atoms with Gasteiger partial charge in [-0.2, -0.15) is 0 Å². The first-order valence-corrected chi connectivity index (χ1v) is 7.66. The van der Waals surface area contributed by atoms with Gasteiger partial charge in [-0.05, 0) is 47.1 Å². The lowest BCUT2D eigenvalue weighted by atomic mass is 10.2. The van der Waals surface area contributed by atoms with Crippen LogP contribution in [0.25, 0.3) is 0 Å². The number of hydrogen-bond donors (Lipinski definition) is 0. The van der Waals surface area contributed by atoms with Crippen molar-refractivity contribution in [1.29, 1.82) is 0 Å². The summed E-state index contributed by atoms with van der Waals surface area (Å²) >= 11 is 15.2. The van der Waals surface area contributed by atoms with Crippen LogP contribution in [-0.2, 0) is 0 Å². The molecule has 0 N–H and O–H groups in total. The van der Waals surface area contributed by atoms with Crippen molar-refractivity contribution >= 4 is 45.1 Å². The summed E-state index contributed by atoms with van der Waals surface area (Å²) in [5, 5.41) is 0.693. The van der Waals surface area contributed by atoms with E-state index in [1.165, 1.54) is 6.07 Å². The molecule has 0 aliphatic rings. The molecule has 0 fully saturated rings. The van der Waals surface area contributed by atoms with Crippen molar-refractivity contribution in [3.8, 4) is 11.5 Å². The molecule has 3 nitrogen and oxygen atoms in total. The molecular formula is C15H11BrCl2O3. The number of ether oxygens (including phenoxy) is 2. The van der Waals surface area contributed by atoms with Gasteiger partial charge in [-0.25, -0.2) is 4.79 Å². The summed E-state index contributed by atoms with van der Waals surface area (Å²) in [6, 6.07) is 9.96. The van der Waals surface area contributed by atoms with Gasteiger partial charge < -0.3 is 9.47 Å². The average Bonchev–Trinajstić information content (AvgIpc) is 2.43. The monoisotopic (exact) mass is 388 g/mol. The van der Waals surface area contributed by atoms with E-state index in [1.807, 2.05) is 6.92 Å². The van der Waals surface area contributed by atoms with Crippen molar-refractivity contribution in [2.45, 2.75) is 6.92 Å². The maximum absolute atomic E-state index is 12.3. The first-order valence-electron chi connectivity index (χ1n) is 6.11. The van der Waals surface area contributed by atoms with Crippen LogP contribution in [0.5, 0.6) is 11.5 Å². The molecule has 0 unspecified atom stereocenters. The molecule has 0 aromatic heterocycles. The first-order chi connectivity index (χ1) is 10.0. The van der Waals surface area contributed by atoms with Gasteiger partial charge in [-0.15, -0.1) is 0 Å². The Morgan fingerprint density at radius 1 is 1.24 bits per heavy atom. The van der Waals surface area contributed by atoms with Gasteiger partial charge in [0.25, 0.3) is 0 Å². The number of halogens is 3. The molecule has 21 heavy (non-hydrogen) atoms. The fraction of sp³-hybridized carbons (Fsp3) is 0.133. The molecule has 2 aromatic rings. The fourth-order valence-electron chi connectivity index (χ4n) is 1.69. The highest BCUT2D eigenvalue weighted by Crippen LogP contribution is 2.36. The lowest BCUT2D eigenvalue weighted by Gasteiger charge is -2.11. The zero-order valence-electron chi connectivity index (χ0n) is 11.0. The summed E-state index contributed by atoms with van der Waals surface area (Å²) in [4.78, 5) is 12.3. The third-order valence-corrected chi connectivity index (χ3v) is 3.65. The third-order valence-electron chi connectivity index (χ3n) is 2.56. The normalized spacial score (nSPS) is 10.3. The Balaban J connectivity index is 2.31. The molecule has 0 aliphatic carbocycles. The second-order valence-corrected chi connectivity index (χ2v) is 5.72. The maximum atomic E-state index is 12.3. The zero-order chi connectivity index (χ0) is 15.4. The molecule has 2 rings (SSSR count). The highest BCUT2D eigenvalue weighted by atomic mass is 79.9. The van der Waals surface area contributed by atoms with E-state index >= 15 is 0 Å². The van der Waals surface area contributed by atoms with Crippen LogP contribution in [-0.4, -0.2) is 12.6 Å². The van der Waals surface area contributed by atoms with Crippen molar-refractivity contribution in [1.82, 2.24) is 0 Å². The van der Waals surface area contributed by atoms with Crippen LogP contribution in [0, 0.1) is 0 Å². The van der Waals surface area contributed by atoms with Crippen LogP contribution in [0.15, 0.2) is 40.9 Å². The topological polar surface area (TPSA) is 35.5 Å². The summed E-state index contributed by atoms with van der Waals surface area (Å²) in [5.74, 6) is 0.132. The Hall–Kier alpha value is -1.23. The predicted octanol–water partition coefficient (Wildman–Crippen LogP) is 5.37. The lowest BCUT2D eigenvalue weighted by Crippen LogP contribution is -2.11. The molecule has 0 bridgehead atoms. The minimum atomic E-state index is -0.552. The summed E-state index contributed by atoms with van der Waals surface area (Å²) in [7, 11) is 0. The molecule has 0 atom stereocenters. The van der Waals surface area contributed by atoms with Crippen LogP contribution < -0.4 is 9.47 Å². The number of para-hydroxylation sites is 1. The van der Waals surface area contributed by atoms with E-state index in [4.69, 9.17) is 32.7 Å². The summed E-state index contributed by atoms with van der Waals surface area (Å²) in [6.45, 7) is 2.30. The summed E-state index contributed by atoms with van der Waals surface area (Å²) in [6.07, 6.45) is 0. The van der Waals surface area contributed by atoms with Crippen molar-refractivity contribution in [3.05, 3.63) is 56.5 Å². The number of carbonyl (C=O) groups is 1. The van der Waals surface area contributed by atoms with Gasteiger partial charge in [-0.3, -0.25) is 0 Å². The second kappa shape index (κ2) is 7.16. The highest BCUT2D eigenvalue weighted by Gasteiger charge is 2.18. The minimum absolute atomic E-state index is 0.220. The quantitative estimate of drug-likeness (QED) is 0.520. The molecule has 0 amide bonds. The van der Waals surface area contributed by atoms with E-state index in [0.29, 0.717) is 27.4 Å². The molecule has 2 aromatic carbocycles. The van der Waals surface area contributed by atoms with Crippen LogP contribution >= 0.6 is 39.1 Å². The Morgan fingerprint density at radius 3 is 2.62 bits per heavy atom. The van der Waals surface area contributed by atoms with Crippen molar-refractivity contribution in [2.75, 3.05) is 6.61 Å². The molecule has 0 saturated heterocycles. The molecule has 0 aliphatic heterocycles. The van der Waals surface area contributed by atoms with Crippen LogP contribution in [0.2, 0.25) is 10.0 Å². The Labute approximate surface area is 140 Å². The van der Waals surface area contributed by atoms with Gasteiger partial charge in [0.15, 0.2) is 5.75 Å². The van der Waals surface area contributed by atoms with Gasteiger partial charge in [0.05, 0.1) is 16.1 Å². The number of hydrogen-bond acceptors (Lipinski definition) is 3. The number of esters is 1. The third kappa shape index (κ3) is 3.90. The zero-order valence-corrected chi connectivity index (χ0v) is 14.1. The molecule has 0 heterocycles. The summed E-state index contributed by atoms with van der Waals surface area (Å²) in [5.41, 5.74) is 0.331. The van der Waals surface area contributed by atoms with Gasteiger partial charge in [-0.1, -0.05) is 35.3 Å². The average molecular weight is 390 g/mol. The molecule has 0 spiro atoms. The predicted molar refractivity (Wildman–Crippen MR) is 86.7 cm³/mol. The fourth-order valence-corrected chi connectivity index (χ4v) is 3.01. The molecular weight excluding hydrogens is 379 g/mol. The molecule has 6 heteroatoms. The first kappa shape index (κ1) is 16.1. The lowest BCUT2D eigenvalue weighted by molar-refractivity contribution is 0.0729. The summed E-state index contributed by atoms with van der Waals surface area (Å²) < 4.78 is 11.3. The maximum Gasteiger partial charge on any atom is 0.347 e. The van der Waals surface area contributed by atoms with E-state index in [2.05, 4.69) is 15.9 Å². The van der Waals surface area contributed by atoms with Crippen molar-refractivity contribution in [2.24, 2.45) is 0 Å². The minimum Gasteiger partial charge on any atom is -0.493 e. The smallest absolute Gasteiger partial charge is 0.347 e. The number of benzene rings is 2. The SMILES string of the molecule is CCOc1ccccc1C(=O)Oc1c(Cl)cc(Cl)cc1Br.